The summed E-state index contributed by atoms with van der Waals surface area (Å²) in [5, 5.41) is 18.9. The van der Waals surface area contributed by atoms with Crippen LogP contribution in [0.1, 0.15) is 5.82 Å². The van der Waals surface area contributed by atoms with Gasteiger partial charge in [-0.1, -0.05) is 11.6 Å². The zero-order chi connectivity index (χ0) is 18.8. The van der Waals surface area contributed by atoms with E-state index in [4.69, 9.17) is 11.6 Å². The predicted octanol–water partition coefficient (Wildman–Crippen LogP) is 3.16. The number of rotatable bonds is 4. The first-order chi connectivity index (χ1) is 13.1. The van der Waals surface area contributed by atoms with E-state index in [1.165, 1.54) is 0 Å². The molecule has 1 aromatic heterocycles. The van der Waals surface area contributed by atoms with Crippen LogP contribution >= 0.6 is 11.6 Å². The molecule has 0 spiro atoms. The summed E-state index contributed by atoms with van der Waals surface area (Å²) in [5.74, 6) is 2.11. The third-order valence-electron chi connectivity index (χ3n) is 5.02. The summed E-state index contributed by atoms with van der Waals surface area (Å²) in [6, 6.07) is 15.1. The first-order valence-electron chi connectivity index (χ1n) is 9.01. The molecule has 4 rings (SSSR count). The van der Waals surface area contributed by atoms with Crippen LogP contribution in [0.4, 0.5) is 5.69 Å². The maximum atomic E-state index is 9.44. The minimum Gasteiger partial charge on any atom is -0.508 e. The van der Waals surface area contributed by atoms with Crippen molar-refractivity contribution in [1.82, 2.24) is 19.7 Å². The maximum Gasteiger partial charge on any atom is 0.163 e. The molecule has 0 radical (unpaired) electrons. The van der Waals surface area contributed by atoms with Crippen molar-refractivity contribution in [2.45, 2.75) is 6.54 Å². The van der Waals surface area contributed by atoms with Crippen LogP contribution in [0.5, 0.6) is 5.75 Å². The van der Waals surface area contributed by atoms with Gasteiger partial charge < -0.3 is 14.6 Å². The molecule has 0 saturated carbocycles. The Morgan fingerprint density at radius 1 is 0.926 bits per heavy atom. The van der Waals surface area contributed by atoms with Crippen LogP contribution in [0, 0.1) is 0 Å². The molecule has 0 atom stereocenters. The average molecular weight is 384 g/mol. The summed E-state index contributed by atoms with van der Waals surface area (Å²) in [6.07, 6.45) is 0. The summed E-state index contributed by atoms with van der Waals surface area (Å²) in [4.78, 5) is 4.73. The molecule has 1 fully saturated rings. The molecular weight excluding hydrogens is 362 g/mol. The van der Waals surface area contributed by atoms with E-state index in [0.29, 0.717) is 10.8 Å². The largest absolute Gasteiger partial charge is 0.508 e. The van der Waals surface area contributed by atoms with Crippen molar-refractivity contribution in [3.05, 3.63) is 59.4 Å². The second-order valence-electron chi connectivity index (χ2n) is 6.79. The summed E-state index contributed by atoms with van der Waals surface area (Å²) < 4.78 is 2.05. The summed E-state index contributed by atoms with van der Waals surface area (Å²) in [6.45, 7) is 4.61. The molecule has 0 unspecified atom stereocenters. The number of phenols is 1. The van der Waals surface area contributed by atoms with Crippen molar-refractivity contribution in [2.75, 3.05) is 31.1 Å². The lowest BCUT2D eigenvalue weighted by Gasteiger charge is -2.35. The van der Waals surface area contributed by atoms with Gasteiger partial charge in [0, 0.05) is 49.5 Å². The summed E-state index contributed by atoms with van der Waals surface area (Å²) >= 11 is 5.97. The highest BCUT2D eigenvalue weighted by Crippen LogP contribution is 2.22. The van der Waals surface area contributed by atoms with Gasteiger partial charge in [0.2, 0.25) is 0 Å². The number of halogens is 1. The highest BCUT2D eigenvalue weighted by molar-refractivity contribution is 6.30. The Bertz CT molecular complexity index is 899. The zero-order valence-electron chi connectivity index (χ0n) is 15.2. The van der Waals surface area contributed by atoms with Crippen molar-refractivity contribution in [3.63, 3.8) is 0 Å². The Morgan fingerprint density at radius 2 is 1.59 bits per heavy atom. The normalized spacial score (nSPS) is 15.3. The third kappa shape index (κ3) is 3.91. The first kappa shape index (κ1) is 17.8. The van der Waals surface area contributed by atoms with Gasteiger partial charge in [0.1, 0.15) is 11.6 Å². The molecule has 1 aliphatic heterocycles. The van der Waals surface area contributed by atoms with E-state index in [1.54, 1.807) is 12.1 Å². The van der Waals surface area contributed by atoms with Gasteiger partial charge in [-0.05, 0) is 48.5 Å². The Labute approximate surface area is 163 Å². The van der Waals surface area contributed by atoms with Crippen molar-refractivity contribution in [2.24, 2.45) is 7.05 Å². The highest BCUT2D eigenvalue weighted by Gasteiger charge is 2.20. The highest BCUT2D eigenvalue weighted by atomic mass is 35.5. The molecule has 1 saturated heterocycles. The minimum absolute atomic E-state index is 0.302. The van der Waals surface area contributed by atoms with Gasteiger partial charge in [0.25, 0.3) is 0 Å². The number of aromatic hydroxyl groups is 1. The minimum atomic E-state index is 0.302. The number of benzene rings is 2. The second-order valence-corrected chi connectivity index (χ2v) is 7.22. The van der Waals surface area contributed by atoms with E-state index < -0.39 is 0 Å². The SMILES string of the molecule is Cn1c(CN2CCN(c3ccc(O)cc3)CC2)nnc1-c1ccc(Cl)cc1. The quantitative estimate of drug-likeness (QED) is 0.750. The Kier molecular flexibility index (Phi) is 5.01. The van der Waals surface area contributed by atoms with Gasteiger partial charge >= 0.3 is 0 Å². The predicted molar refractivity (Wildman–Crippen MR) is 107 cm³/mol. The Morgan fingerprint density at radius 3 is 2.26 bits per heavy atom. The smallest absolute Gasteiger partial charge is 0.163 e. The maximum absolute atomic E-state index is 9.44. The molecule has 27 heavy (non-hydrogen) atoms. The average Bonchev–Trinajstić information content (AvgIpc) is 3.04. The van der Waals surface area contributed by atoms with Crippen LogP contribution in [-0.4, -0.2) is 50.9 Å². The fourth-order valence-electron chi connectivity index (χ4n) is 3.38. The van der Waals surface area contributed by atoms with Crippen LogP contribution in [0.2, 0.25) is 5.02 Å². The fraction of sp³-hybridized carbons (Fsp3) is 0.300. The van der Waals surface area contributed by atoms with Gasteiger partial charge in [0.15, 0.2) is 5.82 Å². The molecule has 3 aromatic rings. The van der Waals surface area contributed by atoms with E-state index in [9.17, 15) is 5.11 Å². The number of piperazine rings is 1. The van der Waals surface area contributed by atoms with E-state index in [-0.39, 0.29) is 0 Å². The number of phenolic OH excluding ortho intramolecular Hbond substituents is 1. The second kappa shape index (κ2) is 7.58. The number of hydrogen-bond acceptors (Lipinski definition) is 5. The molecule has 1 aliphatic rings. The molecule has 0 bridgehead atoms. The molecule has 140 valence electrons. The lowest BCUT2D eigenvalue weighted by molar-refractivity contribution is 0.241. The zero-order valence-corrected chi connectivity index (χ0v) is 16.0. The van der Waals surface area contributed by atoms with Crippen LogP contribution in [-0.2, 0) is 13.6 Å². The number of nitrogens with zero attached hydrogens (tertiary/aromatic N) is 5. The van der Waals surface area contributed by atoms with E-state index in [0.717, 1.165) is 55.6 Å². The van der Waals surface area contributed by atoms with Crippen molar-refractivity contribution in [1.29, 1.82) is 0 Å². The molecule has 2 aromatic carbocycles. The van der Waals surface area contributed by atoms with E-state index in [2.05, 4.69) is 24.6 Å². The van der Waals surface area contributed by atoms with Crippen LogP contribution < -0.4 is 4.90 Å². The van der Waals surface area contributed by atoms with Gasteiger partial charge in [-0.3, -0.25) is 4.90 Å². The molecule has 2 heterocycles. The van der Waals surface area contributed by atoms with E-state index in [1.807, 2.05) is 43.4 Å². The fourth-order valence-corrected chi connectivity index (χ4v) is 3.50. The summed E-state index contributed by atoms with van der Waals surface area (Å²) in [7, 11) is 2.01. The molecule has 7 heteroatoms. The van der Waals surface area contributed by atoms with Crippen molar-refractivity contribution >= 4 is 17.3 Å². The lowest BCUT2D eigenvalue weighted by Crippen LogP contribution is -2.46. The Balaban J connectivity index is 1.39. The molecular formula is C20H22ClN5O. The van der Waals surface area contributed by atoms with Crippen molar-refractivity contribution < 1.29 is 5.11 Å². The van der Waals surface area contributed by atoms with Crippen LogP contribution in [0.3, 0.4) is 0 Å². The van der Waals surface area contributed by atoms with Crippen LogP contribution in [0.25, 0.3) is 11.4 Å². The van der Waals surface area contributed by atoms with Gasteiger partial charge in [0.05, 0.1) is 6.54 Å². The van der Waals surface area contributed by atoms with Gasteiger partial charge in [-0.2, -0.15) is 0 Å². The molecule has 0 aliphatic carbocycles. The first-order valence-corrected chi connectivity index (χ1v) is 9.38. The summed E-state index contributed by atoms with van der Waals surface area (Å²) in [5.41, 5.74) is 2.16. The van der Waals surface area contributed by atoms with Crippen LogP contribution in [0.15, 0.2) is 48.5 Å². The molecule has 6 nitrogen and oxygen atoms in total. The molecule has 0 amide bonds. The van der Waals surface area contributed by atoms with Crippen molar-refractivity contribution in [3.8, 4) is 17.1 Å². The van der Waals surface area contributed by atoms with Gasteiger partial charge in [-0.15, -0.1) is 10.2 Å². The number of hydrogen-bond donors (Lipinski definition) is 1. The number of anilines is 1. The molecule has 1 N–H and O–H groups in total. The number of aromatic nitrogens is 3. The third-order valence-corrected chi connectivity index (χ3v) is 5.27. The topological polar surface area (TPSA) is 57.4 Å². The monoisotopic (exact) mass is 383 g/mol. The van der Waals surface area contributed by atoms with Gasteiger partial charge in [-0.25, -0.2) is 0 Å². The standard InChI is InChI=1S/C20H22ClN5O/c1-24-19(22-23-20(24)15-2-4-16(21)5-3-15)14-25-10-12-26(13-11-25)17-6-8-18(27)9-7-17/h2-9,27H,10-14H2,1H3. The lowest BCUT2D eigenvalue weighted by atomic mass is 10.2. The van der Waals surface area contributed by atoms with E-state index >= 15 is 0 Å². The Hall–Kier alpha value is -2.57.